The molecule has 23 heavy (non-hydrogen) atoms. The van der Waals surface area contributed by atoms with Gasteiger partial charge in [-0.1, -0.05) is 18.2 Å². The minimum atomic E-state index is 0.665. The molecule has 2 aromatic carbocycles. The summed E-state index contributed by atoms with van der Waals surface area (Å²) in [5.74, 6) is 0.933. The van der Waals surface area contributed by atoms with E-state index in [-0.39, 0.29) is 0 Å². The third-order valence-corrected chi connectivity index (χ3v) is 4.75. The van der Waals surface area contributed by atoms with Gasteiger partial charge in [0.15, 0.2) is 0 Å². The molecule has 0 unspecified atom stereocenters. The highest BCUT2D eigenvalue weighted by atomic mass is 32.1. The first-order valence-corrected chi connectivity index (χ1v) is 8.51. The molecule has 2 heterocycles. The fraction of sp³-hybridized carbons (Fsp3) is 0.100. The van der Waals surface area contributed by atoms with Crippen LogP contribution in [0.5, 0.6) is 5.75 Å². The normalized spacial score (nSPS) is 11.0. The van der Waals surface area contributed by atoms with Gasteiger partial charge in [0.2, 0.25) is 0 Å². The van der Waals surface area contributed by atoms with Gasteiger partial charge in [0.25, 0.3) is 0 Å². The summed E-state index contributed by atoms with van der Waals surface area (Å²) >= 11 is 1.73. The smallest absolute Gasteiger partial charge is 0.133 e. The fourth-order valence-electron chi connectivity index (χ4n) is 2.76. The molecule has 0 radical (unpaired) electrons. The molecule has 0 spiro atoms. The Morgan fingerprint density at radius 1 is 1.00 bits per heavy atom. The first-order valence-electron chi connectivity index (χ1n) is 7.63. The van der Waals surface area contributed by atoms with Crippen LogP contribution in [0.4, 0.5) is 0 Å². The maximum absolute atomic E-state index is 5.80. The lowest BCUT2D eigenvalue weighted by Gasteiger charge is -2.11. The number of rotatable bonds is 4. The monoisotopic (exact) mass is 320 g/mol. The SMILES string of the molecule is CCOc1ccc(-c2ccc3occc3c2)cc1-c1cccs1. The highest BCUT2D eigenvalue weighted by Gasteiger charge is 2.10. The van der Waals surface area contributed by atoms with E-state index in [1.54, 1.807) is 17.6 Å². The molecule has 4 aromatic rings. The number of ether oxygens (including phenoxy) is 1. The molecule has 3 heteroatoms. The second-order valence-corrected chi connectivity index (χ2v) is 6.24. The number of fused-ring (bicyclic) bond motifs is 1. The van der Waals surface area contributed by atoms with Gasteiger partial charge in [-0.25, -0.2) is 0 Å². The van der Waals surface area contributed by atoms with E-state index in [0.29, 0.717) is 6.61 Å². The minimum absolute atomic E-state index is 0.665. The molecule has 114 valence electrons. The summed E-state index contributed by atoms with van der Waals surface area (Å²) in [6.45, 7) is 2.68. The Kier molecular flexibility index (Phi) is 3.64. The van der Waals surface area contributed by atoms with Crippen LogP contribution >= 0.6 is 11.3 Å². The van der Waals surface area contributed by atoms with Gasteiger partial charge in [0, 0.05) is 15.8 Å². The third-order valence-electron chi connectivity index (χ3n) is 3.85. The van der Waals surface area contributed by atoms with Crippen LogP contribution in [0.15, 0.2) is 70.7 Å². The van der Waals surface area contributed by atoms with Gasteiger partial charge >= 0.3 is 0 Å². The predicted molar refractivity (Wildman–Crippen MR) is 96.1 cm³/mol. The molecule has 2 aromatic heterocycles. The Morgan fingerprint density at radius 2 is 1.87 bits per heavy atom. The summed E-state index contributed by atoms with van der Waals surface area (Å²) in [5.41, 5.74) is 4.42. The zero-order valence-electron chi connectivity index (χ0n) is 12.8. The van der Waals surface area contributed by atoms with Gasteiger partial charge in [-0.05, 0) is 59.8 Å². The summed E-state index contributed by atoms with van der Waals surface area (Å²) in [6.07, 6.45) is 1.73. The van der Waals surface area contributed by atoms with Crippen LogP contribution in [-0.2, 0) is 0 Å². The van der Waals surface area contributed by atoms with E-state index in [9.17, 15) is 0 Å². The third kappa shape index (κ3) is 2.64. The minimum Gasteiger partial charge on any atom is -0.493 e. The Morgan fingerprint density at radius 3 is 2.70 bits per heavy atom. The Hall–Kier alpha value is -2.52. The van der Waals surface area contributed by atoms with Crippen LogP contribution in [0.3, 0.4) is 0 Å². The molecular formula is C20H16O2S. The van der Waals surface area contributed by atoms with Crippen molar-refractivity contribution in [3.63, 3.8) is 0 Å². The summed E-state index contributed by atoms with van der Waals surface area (Å²) < 4.78 is 11.2. The molecule has 0 fully saturated rings. The summed E-state index contributed by atoms with van der Waals surface area (Å²) in [5, 5.41) is 3.21. The quantitative estimate of drug-likeness (QED) is 0.445. The van der Waals surface area contributed by atoms with E-state index in [1.807, 2.05) is 19.1 Å². The molecular weight excluding hydrogens is 304 g/mol. The summed E-state index contributed by atoms with van der Waals surface area (Å²) in [6, 6.07) is 18.9. The van der Waals surface area contributed by atoms with E-state index >= 15 is 0 Å². The topological polar surface area (TPSA) is 22.4 Å². The highest BCUT2D eigenvalue weighted by molar-refractivity contribution is 7.13. The van der Waals surface area contributed by atoms with Gasteiger partial charge in [-0.2, -0.15) is 0 Å². The first-order chi connectivity index (χ1) is 11.3. The van der Waals surface area contributed by atoms with E-state index in [0.717, 1.165) is 22.3 Å². The van der Waals surface area contributed by atoms with Gasteiger partial charge < -0.3 is 9.15 Å². The number of furan rings is 1. The average molecular weight is 320 g/mol. The molecule has 0 amide bonds. The lowest BCUT2D eigenvalue weighted by Crippen LogP contribution is -1.94. The summed E-state index contributed by atoms with van der Waals surface area (Å²) in [7, 11) is 0. The van der Waals surface area contributed by atoms with Crippen molar-refractivity contribution < 1.29 is 9.15 Å². The van der Waals surface area contributed by atoms with Gasteiger partial charge in [-0.3, -0.25) is 0 Å². The van der Waals surface area contributed by atoms with Crippen molar-refractivity contribution in [1.82, 2.24) is 0 Å². The number of benzene rings is 2. The second-order valence-electron chi connectivity index (χ2n) is 5.29. The molecule has 0 aliphatic carbocycles. The Bertz CT molecular complexity index is 935. The molecule has 0 aliphatic heterocycles. The average Bonchev–Trinajstić information content (AvgIpc) is 3.26. The lowest BCUT2D eigenvalue weighted by atomic mass is 10.0. The van der Waals surface area contributed by atoms with Crippen LogP contribution in [0.25, 0.3) is 32.5 Å². The van der Waals surface area contributed by atoms with Crippen LogP contribution in [-0.4, -0.2) is 6.61 Å². The van der Waals surface area contributed by atoms with Crippen LogP contribution < -0.4 is 4.74 Å². The molecule has 0 bridgehead atoms. The van der Waals surface area contributed by atoms with Crippen molar-refractivity contribution in [3.8, 4) is 27.3 Å². The highest BCUT2D eigenvalue weighted by Crippen LogP contribution is 2.37. The summed E-state index contributed by atoms with van der Waals surface area (Å²) in [4.78, 5) is 1.22. The van der Waals surface area contributed by atoms with Crippen molar-refractivity contribution in [2.45, 2.75) is 6.92 Å². The van der Waals surface area contributed by atoms with Gasteiger partial charge in [-0.15, -0.1) is 11.3 Å². The standard InChI is InChI=1S/C20H16O2S/c1-2-21-19-8-6-15(13-17(19)20-4-3-11-23-20)14-5-7-18-16(12-14)9-10-22-18/h3-13H,2H2,1H3. The maximum atomic E-state index is 5.80. The van der Waals surface area contributed by atoms with E-state index < -0.39 is 0 Å². The molecule has 0 N–H and O–H groups in total. The number of hydrogen-bond acceptors (Lipinski definition) is 3. The zero-order valence-corrected chi connectivity index (χ0v) is 13.6. The lowest BCUT2D eigenvalue weighted by molar-refractivity contribution is 0.342. The molecule has 4 rings (SSSR count). The zero-order chi connectivity index (χ0) is 15.6. The van der Waals surface area contributed by atoms with Crippen LogP contribution in [0.2, 0.25) is 0 Å². The van der Waals surface area contributed by atoms with Gasteiger partial charge in [0.05, 0.1) is 12.9 Å². The fourth-order valence-corrected chi connectivity index (χ4v) is 3.51. The van der Waals surface area contributed by atoms with Crippen molar-refractivity contribution in [1.29, 1.82) is 0 Å². The van der Waals surface area contributed by atoms with E-state index in [2.05, 4.69) is 47.8 Å². The van der Waals surface area contributed by atoms with Crippen molar-refractivity contribution >= 4 is 22.3 Å². The van der Waals surface area contributed by atoms with Crippen molar-refractivity contribution in [2.24, 2.45) is 0 Å². The predicted octanol–water partition coefficient (Wildman–Crippen LogP) is 6.23. The van der Waals surface area contributed by atoms with Crippen molar-refractivity contribution in [3.05, 3.63) is 66.2 Å². The largest absolute Gasteiger partial charge is 0.493 e. The molecule has 0 saturated carbocycles. The Balaban J connectivity index is 1.84. The Labute approximate surface area is 139 Å². The van der Waals surface area contributed by atoms with Crippen molar-refractivity contribution in [2.75, 3.05) is 6.61 Å². The van der Waals surface area contributed by atoms with Crippen LogP contribution in [0.1, 0.15) is 6.92 Å². The molecule has 2 nitrogen and oxygen atoms in total. The molecule has 0 aliphatic rings. The van der Waals surface area contributed by atoms with E-state index in [4.69, 9.17) is 9.15 Å². The maximum Gasteiger partial charge on any atom is 0.133 e. The number of thiophene rings is 1. The first kappa shape index (κ1) is 14.1. The van der Waals surface area contributed by atoms with E-state index in [1.165, 1.54) is 16.0 Å². The number of hydrogen-bond donors (Lipinski definition) is 0. The van der Waals surface area contributed by atoms with Crippen LogP contribution in [0, 0.1) is 0 Å². The second kappa shape index (κ2) is 5.94. The molecule has 0 atom stereocenters. The molecule has 0 saturated heterocycles. The van der Waals surface area contributed by atoms with Gasteiger partial charge in [0.1, 0.15) is 11.3 Å².